The van der Waals surface area contributed by atoms with Gasteiger partial charge in [0.2, 0.25) is 0 Å². The van der Waals surface area contributed by atoms with Gasteiger partial charge in [0.25, 0.3) is 0 Å². The number of rotatable bonds is 3. The molecule has 0 aliphatic heterocycles. The lowest BCUT2D eigenvalue weighted by molar-refractivity contribution is 0.210. The molecular weight excluding hydrogens is 186 g/mol. The summed E-state index contributed by atoms with van der Waals surface area (Å²) in [7, 11) is 0. The van der Waals surface area contributed by atoms with Gasteiger partial charge in [-0.3, -0.25) is 0 Å². The van der Waals surface area contributed by atoms with E-state index in [9.17, 15) is 0 Å². The molecule has 0 saturated carbocycles. The first-order valence-corrected chi connectivity index (χ1v) is 6.03. The fraction of sp³-hybridized carbons (Fsp3) is 0.615. The monoisotopic (exact) mass is 205 g/mol. The van der Waals surface area contributed by atoms with E-state index in [1.807, 2.05) is 6.21 Å². The Morgan fingerprint density at radius 3 is 2.47 bits per heavy atom. The van der Waals surface area contributed by atoms with Crippen LogP contribution in [0.3, 0.4) is 0 Å². The second-order valence-corrected chi connectivity index (χ2v) is 4.27. The minimum absolute atomic E-state index is 1.05. The maximum atomic E-state index is 5.38. The predicted octanol–water partition coefficient (Wildman–Crippen LogP) is 3.95. The first-order valence-electron chi connectivity index (χ1n) is 6.03. The van der Waals surface area contributed by atoms with Gasteiger partial charge in [-0.15, -0.1) is 0 Å². The van der Waals surface area contributed by atoms with E-state index in [-0.39, 0.29) is 0 Å². The van der Waals surface area contributed by atoms with Crippen molar-refractivity contribution in [2.45, 2.75) is 51.4 Å². The summed E-state index contributed by atoms with van der Waals surface area (Å²) in [5, 5.41) is 4.06. The van der Waals surface area contributed by atoms with Gasteiger partial charge in [0.05, 0.1) is 6.21 Å². The Morgan fingerprint density at radius 1 is 1.00 bits per heavy atom. The quantitative estimate of drug-likeness (QED) is 0.505. The first kappa shape index (κ1) is 10.5. The summed E-state index contributed by atoms with van der Waals surface area (Å²) in [6.07, 6.45) is 16.0. The highest BCUT2D eigenvalue weighted by molar-refractivity contribution is 5.78. The largest absolute Gasteiger partial charge is 0.362 e. The molecule has 0 N–H and O–H groups in total. The van der Waals surface area contributed by atoms with Gasteiger partial charge in [-0.1, -0.05) is 11.2 Å². The highest BCUT2D eigenvalue weighted by Crippen LogP contribution is 2.19. The van der Waals surface area contributed by atoms with Crippen molar-refractivity contribution in [1.82, 2.24) is 0 Å². The van der Waals surface area contributed by atoms with Crippen LogP contribution in [0.1, 0.15) is 51.4 Å². The van der Waals surface area contributed by atoms with Crippen molar-refractivity contribution < 1.29 is 4.84 Å². The smallest absolute Gasteiger partial charge is 0.131 e. The van der Waals surface area contributed by atoms with Crippen LogP contribution >= 0.6 is 0 Å². The summed E-state index contributed by atoms with van der Waals surface area (Å²) in [6, 6.07) is 0. The van der Waals surface area contributed by atoms with Crippen molar-refractivity contribution in [2.75, 3.05) is 0 Å². The average Bonchev–Trinajstić information content (AvgIpc) is 2.32. The molecule has 0 amide bonds. The Bertz CT molecular complexity index is 289. The summed E-state index contributed by atoms with van der Waals surface area (Å²) in [5.41, 5.74) is 1.33. The van der Waals surface area contributed by atoms with E-state index >= 15 is 0 Å². The number of nitrogens with zero attached hydrogens (tertiary/aromatic N) is 1. The molecule has 0 radical (unpaired) electrons. The zero-order valence-corrected chi connectivity index (χ0v) is 9.24. The molecule has 0 aromatic carbocycles. The molecule has 2 aliphatic carbocycles. The van der Waals surface area contributed by atoms with E-state index in [1.54, 1.807) is 0 Å². The Hall–Kier alpha value is -1.05. The molecule has 82 valence electrons. The van der Waals surface area contributed by atoms with Crippen LogP contribution in [0.2, 0.25) is 0 Å². The molecule has 0 atom stereocenters. The zero-order valence-electron chi connectivity index (χ0n) is 9.24. The summed E-state index contributed by atoms with van der Waals surface area (Å²) in [5.74, 6) is 1.05. The minimum Gasteiger partial charge on any atom is -0.362 e. The van der Waals surface area contributed by atoms with Crippen LogP contribution in [-0.4, -0.2) is 6.21 Å². The predicted molar refractivity (Wildman–Crippen MR) is 62.7 cm³/mol. The molecule has 0 bridgehead atoms. The average molecular weight is 205 g/mol. The molecular formula is C13H19NO. The number of hydrogen-bond acceptors (Lipinski definition) is 2. The van der Waals surface area contributed by atoms with Crippen LogP contribution in [-0.2, 0) is 4.84 Å². The lowest BCUT2D eigenvalue weighted by Gasteiger charge is -2.10. The van der Waals surface area contributed by atoms with E-state index in [0.717, 1.165) is 25.0 Å². The summed E-state index contributed by atoms with van der Waals surface area (Å²) < 4.78 is 0. The molecule has 0 spiro atoms. The Morgan fingerprint density at radius 2 is 1.80 bits per heavy atom. The third-order valence-corrected chi connectivity index (χ3v) is 2.96. The topological polar surface area (TPSA) is 21.6 Å². The highest BCUT2D eigenvalue weighted by atomic mass is 16.6. The normalized spacial score (nSPS) is 22.4. The number of hydrogen-bond donors (Lipinski definition) is 0. The van der Waals surface area contributed by atoms with E-state index in [2.05, 4.69) is 17.3 Å². The number of oxime groups is 1. The molecule has 0 fully saturated rings. The summed E-state index contributed by atoms with van der Waals surface area (Å²) >= 11 is 0. The maximum Gasteiger partial charge on any atom is 0.131 e. The second-order valence-electron chi connectivity index (χ2n) is 4.27. The Kier molecular flexibility index (Phi) is 4.01. The molecule has 0 aromatic rings. The third-order valence-electron chi connectivity index (χ3n) is 2.96. The molecule has 15 heavy (non-hydrogen) atoms. The molecule has 2 rings (SSSR count). The summed E-state index contributed by atoms with van der Waals surface area (Å²) in [6.45, 7) is 0. The van der Waals surface area contributed by atoms with Gasteiger partial charge in [-0.05, 0) is 56.6 Å². The molecule has 2 heteroatoms. The van der Waals surface area contributed by atoms with Gasteiger partial charge in [-0.25, -0.2) is 0 Å². The number of allylic oxidation sites excluding steroid dienone is 4. The SMILES string of the molecule is C(=NOC1=CCCCC1)C1=CCCCC1. The zero-order chi connectivity index (χ0) is 10.3. The molecule has 0 heterocycles. The summed E-state index contributed by atoms with van der Waals surface area (Å²) in [4.78, 5) is 5.38. The van der Waals surface area contributed by atoms with Crippen LogP contribution < -0.4 is 0 Å². The lowest BCUT2D eigenvalue weighted by atomic mass is 10.0. The van der Waals surface area contributed by atoms with Gasteiger partial charge in [0, 0.05) is 6.42 Å². The van der Waals surface area contributed by atoms with E-state index in [1.165, 1.54) is 37.7 Å². The fourth-order valence-corrected chi connectivity index (χ4v) is 2.03. The van der Waals surface area contributed by atoms with Gasteiger partial charge in [0.1, 0.15) is 5.76 Å². The van der Waals surface area contributed by atoms with Crippen molar-refractivity contribution in [3.05, 3.63) is 23.5 Å². The van der Waals surface area contributed by atoms with Gasteiger partial charge < -0.3 is 4.84 Å². The van der Waals surface area contributed by atoms with Gasteiger partial charge >= 0.3 is 0 Å². The molecule has 0 aromatic heterocycles. The van der Waals surface area contributed by atoms with Crippen LogP contribution in [0.5, 0.6) is 0 Å². The van der Waals surface area contributed by atoms with Crippen LogP contribution in [0.4, 0.5) is 0 Å². The van der Waals surface area contributed by atoms with Crippen LogP contribution in [0.15, 0.2) is 28.6 Å². The van der Waals surface area contributed by atoms with Crippen molar-refractivity contribution in [2.24, 2.45) is 5.16 Å². The minimum atomic E-state index is 1.05. The molecule has 0 unspecified atom stereocenters. The van der Waals surface area contributed by atoms with Crippen molar-refractivity contribution in [1.29, 1.82) is 0 Å². The van der Waals surface area contributed by atoms with Crippen LogP contribution in [0, 0.1) is 0 Å². The van der Waals surface area contributed by atoms with Crippen molar-refractivity contribution in [3.8, 4) is 0 Å². The van der Waals surface area contributed by atoms with E-state index in [4.69, 9.17) is 4.84 Å². The Labute approximate surface area is 91.7 Å². The fourth-order valence-electron chi connectivity index (χ4n) is 2.03. The van der Waals surface area contributed by atoms with Gasteiger partial charge in [0.15, 0.2) is 0 Å². The maximum absolute atomic E-state index is 5.38. The van der Waals surface area contributed by atoms with E-state index in [0.29, 0.717) is 0 Å². The standard InChI is InChI=1S/C13H19NO/c1-3-7-12(8-4-1)11-14-15-13-9-5-2-6-10-13/h7,9,11H,1-6,8,10H2. The van der Waals surface area contributed by atoms with Gasteiger partial charge in [-0.2, -0.15) is 0 Å². The van der Waals surface area contributed by atoms with Crippen molar-refractivity contribution >= 4 is 6.21 Å². The highest BCUT2D eigenvalue weighted by Gasteiger charge is 2.04. The lowest BCUT2D eigenvalue weighted by Crippen LogP contribution is -1.96. The van der Waals surface area contributed by atoms with Crippen LogP contribution in [0.25, 0.3) is 0 Å². The first-order chi connectivity index (χ1) is 7.45. The molecule has 0 saturated heterocycles. The third kappa shape index (κ3) is 3.54. The second kappa shape index (κ2) is 5.74. The van der Waals surface area contributed by atoms with E-state index < -0.39 is 0 Å². The molecule has 2 aliphatic rings. The Balaban J connectivity index is 1.78. The molecule has 2 nitrogen and oxygen atoms in total. The van der Waals surface area contributed by atoms with Crippen molar-refractivity contribution in [3.63, 3.8) is 0 Å².